The van der Waals surface area contributed by atoms with Gasteiger partial charge in [0.15, 0.2) is 16.1 Å². The summed E-state index contributed by atoms with van der Waals surface area (Å²) in [6, 6.07) is 8.76. The molecule has 0 saturated heterocycles. The maximum Gasteiger partial charge on any atom is 0.192 e. The number of hydrogen-bond donors (Lipinski definition) is 1. The minimum Gasteiger partial charge on any atom is -0.375 e. The molecule has 2 N–H and O–H groups in total. The third-order valence-corrected chi connectivity index (χ3v) is 6.80. The standard InChI is InChI=1S/C18H20BrN5S2/c19-13-6-4-5-12(9-13)16-22-23-18(24(16)15-7-2-1-3-8-15)26-11-14-10-25-17(20)21-14/h4-6,9-10,15H,1-3,7-8,11H2,(H2,20,21). The highest BCUT2D eigenvalue weighted by atomic mass is 79.9. The van der Waals surface area contributed by atoms with E-state index in [4.69, 9.17) is 5.73 Å². The number of hydrogen-bond acceptors (Lipinski definition) is 6. The molecule has 1 aliphatic rings. The van der Waals surface area contributed by atoms with Gasteiger partial charge in [-0.3, -0.25) is 4.57 Å². The number of anilines is 1. The number of rotatable bonds is 5. The van der Waals surface area contributed by atoms with Crippen LogP contribution in [0, 0.1) is 0 Å². The number of benzene rings is 1. The van der Waals surface area contributed by atoms with Crippen LogP contribution in [0.5, 0.6) is 0 Å². The fraction of sp³-hybridized carbons (Fsp3) is 0.389. The summed E-state index contributed by atoms with van der Waals surface area (Å²) in [7, 11) is 0. The van der Waals surface area contributed by atoms with Gasteiger partial charge in [-0.2, -0.15) is 0 Å². The Bertz CT molecular complexity index is 885. The van der Waals surface area contributed by atoms with Crippen LogP contribution >= 0.6 is 39.0 Å². The zero-order valence-electron chi connectivity index (χ0n) is 14.3. The van der Waals surface area contributed by atoms with Gasteiger partial charge in [-0.15, -0.1) is 21.5 Å². The molecule has 1 aromatic carbocycles. The predicted octanol–water partition coefficient (Wildman–Crippen LogP) is 5.54. The number of nitrogen functional groups attached to an aromatic ring is 1. The number of nitrogens with two attached hydrogens (primary N) is 1. The Morgan fingerprint density at radius 3 is 2.81 bits per heavy atom. The third-order valence-electron chi connectivity index (χ3n) is 4.61. The van der Waals surface area contributed by atoms with Crippen molar-refractivity contribution in [2.24, 2.45) is 0 Å². The average Bonchev–Trinajstić information content (AvgIpc) is 3.26. The van der Waals surface area contributed by atoms with Crippen molar-refractivity contribution >= 4 is 44.2 Å². The molecule has 3 aromatic rings. The first kappa shape index (κ1) is 18.0. The van der Waals surface area contributed by atoms with E-state index in [2.05, 4.69) is 47.8 Å². The van der Waals surface area contributed by atoms with E-state index in [1.807, 2.05) is 17.5 Å². The van der Waals surface area contributed by atoms with Crippen LogP contribution in [-0.4, -0.2) is 19.7 Å². The van der Waals surface area contributed by atoms with Gasteiger partial charge in [0.2, 0.25) is 0 Å². The summed E-state index contributed by atoms with van der Waals surface area (Å²) in [4.78, 5) is 4.36. The van der Waals surface area contributed by atoms with Crippen LogP contribution < -0.4 is 5.73 Å². The second kappa shape index (κ2) is 8.10. The summed E-state index contributed by atoms with van der Waals surface area (Å²) >= 11 is 6.74. The largest absolute Gasteiger partial charge is 0.375 e. The summed E-state index contributed by atoms with van der Waals surface area (Å²) in [5, 5.41) is 12.7. The molecule has 0 radical (unpaired) electrons. The van der Waals surface area contributed by atoms with Crippen LogP contribution in [0.2, 0.25) is 0 Å². The lowest BCUT2D eigenvalue weighted by atomic mass is 9.95. The molecule has 0 amide bonds. The molecule has 1 fully saturated rings. The van der Waals surface area contributed by atoms with Crippen LogP contribution in [0.1, 0.15) is 43.8 Å². The zero-order chi connectivity index (χ0) is 17.9. The molecule has 1 aliphatic carbocycles. The fourth-order valence-corrected chi connectivity index (χ4v) is 5.36. The van der Waals surface area contributed by atoms with Crippen LogP contribution in [0.4, 0.5) is 5.13 Å². The van der Waals surface area contributed by atoms with Gasteiger partial charge in [0.25, 0.3) is 0 Å². The molecule has 4 rings (SSSR count). The Morgan fingerprint density at radius 2 is 2.08 bits per heavy atom. The number of thioether (sulfide) groups is 1. The smallest absolute Gasteiger partial charge is 0.192 e. The Morgan fingerprint density at radius 1 is 1.23 bits per heavy atom. The monoisotopic (exact) mass is 449 g/mol. The van der Waals surface area contributed by atoms with Crippen LogP contribution in [0.3, 0.4) is 0 Å². The van der Waals surface area contributed by atoms with E-state index in [0.717, 1.165) is 32.5 Å². The molecule has 0 spiro atoms. The first-order valence-electron chi connectivity index (χ1n) is 8.74. The topological polar surface area (TPSA) is 69.6 Å². The van der Waals surface area contributed by atoms with Gasteiger partial charge in [-0.25, -0.2) is 4.98 Å². The van der Waals surface area contributed by atoms with Crippen molar-refractivity contribution in [3.8, 4) is 11.4 Å². The molecule has 26 heavy (non-hydrogen) atoms. The highest BCUT2D eigenvalue weighted by Crippen LogP contribution is 2.36. The van der Waals surface area contributed by atoms with Crippen molar-refractivity contribution in [1.82, 2.24) is 19.7 Å². The zero-order valence-corrected chi connectivity index (χ0v) is 17.5. The van der Waals surface area contributed by atoms with Gasteiger partial charge in [0.05, 0.1) is 5.69 Å². The van der Waals surface area contributed by atoms with Crippen LogP contribution in [-0.2, 0) is 5.75 Å². The Hall–Kier alpha value is -1.38. The van der Waals surface area contributed by atoms with Gasteiger partial charge >= 0.3 is 0 Å². The second-order valence-electron chi connectivity index (χ2n) is 6.44. The third kappa shape index (κ3) is 3.97. The quantitative estimate of drug-likeness (QED) is 0.517. The van der Waals surface area contributed by atoms with Crippen molar-refractivity contribution in [2.75, 3.05) is 5.73 Å². The summed E-state index contributed by atoms with van der Waals surface area (Å²) in [5.41, 5.74) is 7.85. The molecular weight excluding hydrogens is 430 g/mol. The van der Waals surface area contributed by atoms with Gasteiger partial charge in [-0.1, -0.05) is 59.1 Å². The minimum absolute atomic E-state index is 0.468. The summed E-state index contributed by atoms with van der Waals surface area (Å²) < 4.78 is 3.40. The fourth-order valence-electron chi connectivity index (χ4n) is 3.40. The van der Waals surface area contributed by atoms with Crippen LogP contribution in [0.15, 0.2) is 39.3 Å². The Kier molecular flexibility index (Phi) is 5.61. The number of thiazole rings is 1. The van der Waals surface area contributed by atoms with Crippen LogP contribution in [0.25, 0.3) is 11.4 Å². The average molecular weight is 450 g/mol. The lowest BCUT2D eigenvalue weighted by Crippen LogP contribution is -2.15. The van der Waals surface area contributed by atoms with Gasteiger partial charge in [0.1, 0.15) is 0 Å². The van der Waals surface area contributed by atoms with E-state index in [1.165, 1.54) is 43.4 Å². The molecule has 0 atom stereocenters. The Labute approximate surface area is 169 Å². The van der Waals surface area contributed by atoms with E-state index >= 15 is 0 Å². The Balaban J connectivity index is 1.66. The van der Waals surface area contributed by atoms with Crippen molar-refractivity contribution in [2.45, 2.75) is 49.1 Å². The molecule has 8 heteroatoms. The van der Waals surface area contributed by atoms with E-state index in [-0.39, 0.29) is 0 Å². The van der Waals surface area contributed by atoms with Gasteiger partial charge < -0.3 is 5.73 Å². The van der Waals surface area contributed by atoms with Gasteiger partial charge in [-0.05, 0) is 25.0 Å². The first-order chi connectivity index (χ1) is 12.7. The van der Waals surface area contributed by atoms with E-state index in [9.17, 15) is 0 Å². The summed E-state index contributed by atoms with van der Waals surface area (Å²) in [6.07, 6.45) is 6.25. The SMILES string of the molecule is Nc1nc(CSc2nnc(-c3cccc(Br)c3)n2C2CCCCC2)cs1. The highest BCUT2D eigenvalue weighted by Gasteiger charge is 2.24. The highest BCUT2D eigenvalue weighted by molar-refractivity contribution is 9.10. The van der Waals surface area contributed by atoms with Crippen molar-refractivity contribution in [3.63, 3.8) is 0 Å². The number of halogens is 1. The first-order valence-corrected chi connectivity index (χ1v) is 11.4. The van der Waals surface area contributed by atoms with E-state index in [0.29, 0.717) is 11.2 Å². The molecule has 1 saturated carbocycles. The van der Waals surface area contributed by atoms with Crippen molar-refractivity contribution in [3.05, 3.63) is 39.8 Å². The van der Waals surface area contributed by atoms with E-state index < -0.39 is 0 Å². The summed E-state index contributed by atoms with van der Waals surface area (Å²) in [6.45, 7) is 0. The molecule has 136 valence electrons. The molecule has 0 bridgehead atoms. The van der Waals surface area contributed by atoms with Crippen molar-refractivity contribution in [1.29, 1.82) is 0 Å². The normalized spacial score (nSPS) is 15.4. The maximum atomic E-state index is 5.75. The number of aromatic nitrogens is 4. The summed E-state index contributed by atoms with van der Waals surface area (Å²) in [5.74, 6) is 1.72. The molecule has 0 unspecified atom stereocenters. The molecule has 2 aromatic heterocycles. The lowest BCUT2D eigenvalue weighted by molar-refractivity contribution is 0.339. The second-order valence-corrected chi connectivity index (χ2v) is 9.19. The molecule has 2 heterocycles. The molecule has 5 nitrogen and oxygen atoms in total. The van der Waals surface area contributed by atoms with Gasteiger partial charge in [0, 0.05) is 27.2 Å². The molecule has 0 aliphatic heterocycles. The van der Waals surface area contributed by atoms with Crippen molar-refractivity contribution < 1.29 is 0 Å². The predicted molar refractivity (Wildman–Crippen MR) is 111 cm³/mol. The number of nitrogens with zero attached hydrogens (tertiary/aromatic N) is 4. The van der Waals surface area contributed by atoms with E-state index in [1.54, 1.807) is 11.8 Å². The molecular formula is C18H20BrN5S2. The lowest BCUT2D eigenvalue weighted by Gasteiger charge is -2.25. The minimum atomic E-state index is 0.468. The maximum absolute atomic E-state index is 5.75.